The van der Waals surface area contributed by atoms with Crippen molar-refractivity contribution in [3.63, 3.8) is 0 Å². The van der Waals surface area contributed by atoms with Gasteiger partial charge in [0.2, 0.25) is 5.91 Å². The molecular formula is C17H24ClNO. The second-order valence-corrected chi connectivity index (χ2v) is 5.33. The predicted molar refractivity (Wildman–Crippen MR) is 87.1 cm³/mol. The topological polar surface area (TPSA) is 29.1 Å². The van der Waals surface area contributed by atoms with E-state index in [1.54, 1.807) is 6.07 Å². The zero-order valence-electron chi connectivity index (χ0n) is 12.4. The Kier molecular flexibility index (Phi) is 8.05. The molecule has 0 saturated heterocycles. The molecule has 0 aliphatic heterocycles. The van der Waals surface area contributed by atoms with Crippen LogP contribution in [-0.4, -0.2) is 5.91 Å². The number of hydrogen-bond acceptors (Lipinski definition) is 1. The summed E-state index contributed by atoms with van der Waals surface area (Å²) in [6, 6.07) is 7.35. The first-order valence-electron chi connectivity index (χ1n) is 7.35. The van der Waals surface area contributed by atoms with Gasteiger partial charge in [0.05, 0.1) is 10.7 Å². The summed E-state index contributed by atoms with van der Waals surface area (Å²) in [4.78, 5) is 12.2. The lowest BCUT2D eigenvalue weighted by molar-refractivity contribution is -0.120. The van der Waals surface area contributed by atoms with Crippen molar-refractivity contribution in [2.24, 2.45) is 5.92 Å². The number of hydrogen-bond donors (Lipinski definition) is 1. The maximum atomic E-state index is 12.2. The van der Waals surface area contributed by atoms with Crippen LogP contribution in [0.4, 0.5) is 5.69 Å². The molecule has 0 radical (unpaired) electrons. The molecule has 0 heterocycles. The minimum atomic E-state index is 0.0666. The molecule has 20 heavy (non-hydrogen) atoms. The molecule has 1 atom stereocenters. The van der Waals surface area contributed by atoms with Gasteiger partial charge in [-0.3, -0.25) is 4.79 Å². The minimum absolute atomic E-state index is 0.0666. The average Bonchev–Trinajstić information content (AvgIpc) is 2.45. The normalized spacial score (nSPS) is 12.6. The van der Waals surface area contributed by atoms with Crippen molar-refractivity contribution in [3.05, 3.63) is 41.4 Å². The van der Waals surface area contributed by atoms with E-state index in [1.807, 2.05) is 25.1 Å². The molecule has 0 spiro atoms. The fraction of sp³-hybridized carbons (Fsp3) is 0.471. The lowest BCUT2D eigenvalue weighted by atomic mass is 9.97. The van der Waals surface area contributed by atoms with Crippen LogP contribution in [0.3, 0.4) is 0 Å². The SMILES string of the molecule is C/C=C/CCCCC(CC)C(=O)Nc1ccccc1Cl. The Morgan fingerprint density at radius 1 is 1.35 bits per heavy atom. The molecule has 1 aromatic carbocycles. The Morgan fingerprint density at radius 2 is 2.10 bits per heavy atom. The molecular weight excluding hydrogens is 270 g/mol. The number of carbonyl (C=O) groups is 1. The van der Waals surface area contributed by atoms with Gasteiger partial charge in [0.1, 0.15) is 0 Å². The van der Waals surface area contributed by atoms with Crippen molar-refractivity contribution >= 4 is 23.2 Å². The Bertz CT molecular complexity index is 442. The van der Waals surface area contributed by atoms with Crippen LogP contribution in [0.15, 0.2) is 36.4 Å². The van der Waals surface area contributed by atoms with Gasteiger partial charge in [0.15, 0.2) is 0 Å². The number of rotatable bonds is 8. The number of para-hydroxylation sites is 1. The van der Waals surface area contributed by atoms with Gasteiger partial charge in [-0.2, -0.15) is 0 Å². The third-order valence-electron chi connectivity index (χ3n) is 3.40. The molecule has 1 rings (SSSR count). The van der Waals surface area contributed by atoms with Crippen LogP contribution in [-0.2, 0) is 4.79 Å². The van der Waals surface area contributed by atoms with E-state index in [1.165, 1.54) is 0 Å². The highest BCUT2D eigenvalue weighted by molar-refractivity contribution is 6.33. The van der Waals surface area contributed by atoms with Crippen molar-refractivity contribution in [2.75, 3.05) is 5.32 Å². The van der Waals surface area contributed by atoms with Gasteiger partial charge in [-0.15, -0.1) is 0 Å². The van der Waals surface area contributed by atoms with Gasteiger partial charge in [0.25, 0.3) is 0 Å². The molecule has 1 N–H and O–H groups in total. The molecule has 0 fully saturated rings. The van der Waals surface area contributed by atoms with Crippen molar-refractivity contribution in [1.82, 2.24) is 0 Å². The van der Waals surface area contributed by atoms with Crippen molar-refractivity contribution in [3.8, 4) is 0 Å². The van der Waals surface area contributed by atoms with Gasteiger partial charge in [0, 0.05) is 5.92 Å². The minimum Gasteiger partial charge on any atom is -0.325 e. The summed E-state index contributed by atoms with van der Waals surface area (Å²) in [5.41, 5.74) is 0.700. The monoisotopic (exact) mass is 293 g/mol. The van der Waals surface area contributed by atoms with E-state index in [0.29, 0.717) is 10.7 Å². The van der Waals surface area contributed by atoms with E-state index >= 15 is 0 Å². The molecule has 0 aromatic heterocycles. The summed E-state index contributed by atoms with van der Waals surface area (Å²) in [7, 11) is 0. The smallest absolute Gasteiger partial charge is 0.227 e. The second kappa shape index (κ2) is 9.60. The number of amides is 1. The molecule has 1 aromatic rings. The summed E-state index contributed by atoms with van der Waals surface area (Å²) in [5.74, 6) is 0.142. The first-order chi connectivity index (χ1) is 9.69. The molecule has 3 heteroatoms. The lowest BCUT2D eigenvalue weighted by Crippen LogP contribution is -2.22. The highest BCUT2D eigenvalue weighted by Gasteiger charge is 2.16. The number of carbonyl (C=O) groups excluding carboxylic acids is 1. The Balaban J connectivity index is 2.44. The van der Waals surface area contributed by atoms with E-state index in [2.05, 4.69) is 24.4 Å². The summed E-state index contributed by atoms with van der Waals surface area (Å²) < 4.78 is 0. The molecule has 0 aliphatic rings. The Morgan fingerprint density at radius 3 is 2.75 bits per heavy atom. The number of allylic oxidation sites excluding steroid dienone is 2. The molecule has 2 nitrogen and oxygen atoms in total. The second-order valence-electron chi connectivity index (χ2n) is 4.93. The highest BCUT2D eigenvalue weighted by Crippen LogP contribution is 2.23. The van der Waals surface area contributed by atoms with Crippen LogP contribution in [0, 0.1) is 5.92 Å². The summed E-state index contributed by atoms with van der Waals surface area (Å²) >= 11 is 6.06. The quantitative estimate of drug-likeness (QED) is 0.502. The number of unbranched alkanes of at least 4 members (excludes halogenated alkanes) is 2. The van der Waals surface area contributed by atoms with E-state index in [4.69, 9.17) is 11.6 Å². The molecule has 1 unspecified atom stereocenters. The van der Waals surface area contributed by atoms with Crippen LogP contribution in [0.2, 0.25) is 5.02 Å². The largest absolute Gasteiger partial charge is 0.325 e. The standard InChI is InChI=1S/C17H24ClNO/c1-3-5-6-7-8-11-14(4-2)17(20)19-16-13-10-9-12-15(16)18/h3,5,9-10,12-14H,4,6-8,11H2,1-2H3,(H,19,20)/b5-3+. The van der Waals surface area contributed by atoms with Crippen LogP contribution in [0.1, 0.15) is 46.0 Å². The third-order valence-corrected chi connectivity index (χ3v) is 3.73. The molecule has 0 aliphatic carbocycles. The van der Waals surface area contributed by atoms with E-state index in [0.717, 1.165) is 32.1 Å². The third kappa shape index (κ3) is 5.79. The fourth-order valence-corrected chi connectivity index (χ4v) is 2.32. The van der Waals surface area contributed by atoms with Crippen molar-refractivity contribution < 1.29 is 4.79 Å². The first kappa shape index (κ1) is 16.8. The molecule has 0 bridgehead atoms. The van der Waals surface area contributed by atoms with E-state index in [9.17, 15) is 4.79 Å². The zero-order valence-corrected chi connectivity index (χ0v) is 13.1. The number of nitrogens with one attached hydrogen (secondary N) is 1. The maximum absolute atomic E-state index is 12.2. The number of benzene rings is 1. The predicted octanol–water partition coefficient (Wildman–Crippen LogP) is 5.44. The first-order valence-corrected chi connectivity index (χ1v) is 7.73. The van der Waals surface area contributed by atoms with Gasteiger partial charge >= 0.3 is 0 Å². The van der Waals surface area contributed by atoms with Gasteiger partial charge in [-0.1, -0.05) is 49.2 Å². The van der Waals surface area contributed by atoms with E-state index < -0.39 is 0 Å². The van der Waals surface area contributed by atoms with Crippen molar-refractivity contribution in [1.29, 1.82) is 0 Å². The van der Waals surface area contributed by atoms with Crippen molar-refractivity contribution in [2.45, 2.75) is 46.0 Å². The zero-order chi connectivity index (χ0) is 14.8. The summed E-state index contributed by atoms with van der Waals surface area (Å²) in [6.07, 6.45) is 9.36. The summed E-state index contributed by atoms with van der Waals surface area (Å²) in [5, 5.41) is 3.52. The Hall–Kier alpha value is -1.28. The molecule has 0 saturated carbocycles. The van der Waals surface area contributed by atoms with Gasteiger partial charge in [-0.05, 0) is 44.7 Å². The van der Waals surface area contributed by atoms with Gasteiger partial charge in [-0.25, -0.2) is 0 Å². The number of anilines is 1. The Labute approximate surface area is 127 Å². The highest BCUT2D eigenvalue weighted by atomic mass is 35.5. The number of halogens is 1. The molecule has 110 valence electrons. The maximum Gasteiger partial charge on any atom is 0.227 e. The van der Waals surface area contributed by atoms with Crippen LogP contribution >= 0.6 is 11.6 Å². The van der Waals surface area contributed by atoms with E-state index in [-0.39, 0.29) is 11.8 Å². The molecule has 1 amide bonds. The van der Waals surface area contributed by atoms with Gasteiger partial charge < -0.3 is 5.32 Å². The summed E-state index contributed by atoms with van der Waals surface area (Å²) in [6.45, 7) is 4.09. The van der Waals surface area contributed by atoms with Crippen LogP contribution in [0.25, 0.3) is 0 Å². The average molecular weight is 294 g/mol. The fourth-order valence-electron chi connectivity index (χ4n) is 2.14. The lowest BCUT2D eigenvalue weighted by Gasteiger charge is -2.15. The van der Waals surface area contributed by atoms with Crippen LogP contribution in [0.5, 0.6) is 0 Å². The van der Waals surface area contributed by atoms with Crippen LogP contribution < -0.4 is 5.32 Å².